The van der Waals surface area contributed by atoms with E-state index in [-0.39, 0.29) is 42.9 Å². The summed E-state index contributed by atoms with van der Waals surface area (Å²) in [6, 6.07) is 87.5. The van der Waals surface area contributed by atoms with Crippen LogP contribution in [-0.2, 0) is 20.1 Å². The number of benzene rings is 8. The minimum atomic E-state index is -1.24. The zero-order valence-corrected chi connectivity index (χ0v) is 79.0. The minimum Gasteiger partial charge on any atom is -0.543 e. The molecule has 149 heavy (non-hydrogen) atoms. The van der Waals surface area contributed by atoms with Crippen LogP contribution < -0.4 is 20.4 Å². The van der Waals surface area contributed by atoms with Crippen LogP contribution in [0.25, 0.3) is 90.1 Å². The number of aromatic carboxylic acids is 4. The summed E-state index contributed by atoms with van der Waals surface area (Å²) in [5, 5.41) is 40.1. The molecule has 0 fully saturated rings. The van der Waals surface area contributed by atoms with Gasteiger partial charge in [-0.15, -0.1) is 0 Å². The van der Waals surface area contributed by atoms with Crippen molar-refractivity contribution in [2.75, 3.05) is 0 Å². The second-order valence-corrected chi connectivity index (χ2v) is 28.7. The molecule has 0 amide bonds. The van der Waals surface area contributed by atoms with Crippen molar-refractivity contribution in [3.63, 3.8) is 0 Å². The Balaban J connectivity index is 0.000000199. The fourth-order valence-electron chi connectivity index (χ4n) is 11.7. The van der Waals surface area contributed by atoms with Gasteiger partial charge in [-0.25, -0.2) is 70.2 Å². The van der Waals surface area contributed by atoms with E-state index < -0.39 is 117 Å². The molecule has 749 valence electrons. The number of carboxylic acids is 4. The molecular weight excluding hydrogens is 2140 g/mol. The van der Waals surface area contributed by atoms with Crippen LogP contribution in [-0.4, -0.2) is 83.7 Å². The number of rotatable bonds is 12. The topological polar surface area (TPSA) is 315 Å². The molecule has 1 radical (unpaired) electrons. The van der Waals surface area contributed by atoms with Gasteiger partial charge >= 0.3 is 20.1 Å². The van der Waals surface area contributed by atoms with Crippen LogP contribution in [0.2, 0.25) is 0 Å². The Morgan fingerprint density at radius 2 is 0.255 bits per heavy atom. The minimum absolute atomic E-state index is 0. The first kappa shape index (κ1) is 115. The van der Waals surface area contributed by atoms with Crippen molar-refractivity contribution >= 4 is 23.9 Å². The van der Waals surface area contributed by atoms with Gasteiger partial charge in [-0.05, 0) is 243 Å². The second-order valence-electron chi connectivity index (χ2n) is 28.7. The standard InChI is InChI=1S/8C11H7F2N.4C6H5NO2.Ir/c8*12-8-4-5-9(10(13)7-8)11-3-1-2-6-14-11;4*8-6(9)5-3-1-2-4-7-5;/h8*1-7H;4*1-4H,(H,8,9);/q;;;;;;;;;;;;+4/p-4. The van der Waals surface area contributed by atoms with E-state index in [2.05, 4.69) is 59.8 Å². The first-order chi connectivity index (χ1) is 71.4. The number of aromatic nitrogens is 12. The number of hydrogen-bond acceptors (Lipinski definition) is 20. The van der Waals surface area contributed by atoms with Gasteiger partial charge in [-0.1, -0.05) is 72.8 Å². The third-order valence-corrected chi connectivity index (χ3v) is 18.5. The monoisotopic (exact) mass is 2210 g/mol. The molecule has 0 atom stereocenters. The fourth-order valence-corrected chi connectivity index (χ4v) is 11.7. The molecule has 0 saturated carbocycles. The van der Waals surface area contributed by atoms with Crippen LogP contribution in [0, 0.1) is 93.1 Å². The molecule has 0 aliphatic rings. The first-order valence-electron chi connectivity index (χ1n) is 42.8. The average Bonchev–Trinajstić information content (AvgIpc) is 0.871. The summed E-state index contributed by atoms with van der Waals surface area (Å²) in [6.45, 7) is 0. The average molecular weight is 2210 g/mol. The summed E-state index contributed by atoms with van der Waals surface area (Å²) in [5.74, 6) is -14.4. The van der Waals surface area contributed by atoms with E-state index in [4.69, 9.17) is 0 Å². The van der Waals surface area contributed by atoms with Crippen molar-refractivity contribution in [1.29, 1.82) is 0 Å². The van der Waals surface area contributed by atoms with Crippen molar-refractivity contribution in [3.05, 3.63) is 554 Å². The molecule has 0 N–H and O–H groups in total. The maximum atomic E-state index is 13.3. The zero-order valence-electron chi connectivity index (χ0n) is 76.6. The van der Waals surface area contributed by atoms with Gasteiger partial charge < -0.3 is 39.6 Å². The number of hydrogen-bond donors (Lipinski definition) is 0. The predicted molar refractivity (Wildman–Crippen MR) is 511 cm³/mol. The number of nitrogens with zero attached hydrogens (tertiary/aromatic N) is 12. The maximum Gasteiger partial charge on any atom is 4.00 e. The molecule has 37 heteroatoms. The maximum absolute atomic E-state index is 13.3. The molecule has 12 heterocycles. The molecule has 0 unspecified atom stereocenters. The van der Waals surface area contributed by atoms with Crippen LogP contribution in [0.15, 0.2) is 438 Å². The Kier molecular flexibility index (Phi) is 47.7. The molecule has 8 aromatic carbocycles. The van der Waals surface area contributed by atoms with E-state index >= 15 is 0 Å². The van der Waals surface area contributed by atoms with Crippen LogP contribution in [0.4, 0.5) is 70.2 Å². The van der Waals surface area contributed by atoms with E-state index in [9.17, 15) is 110 Å². The van der Waals surface area contributed by atoms with E-state index in [1.807, 2.05) is 0 Å². The summed E-state index contributed by atoms with van der Waals surface area (Å²) in [5.41, 5.74) is 6.41. The molecule has 0 bridgehead atoms. The fraction of sp³-hybridized carbons (Fsp3) is 0. The predicted octanol–water partition coefficient (Wildman–Crippen LogP) is 22.0. The Morgan fingerprint density at radius 1 is 0.148 bits per heavy atom. The Morgan fingerprint density at radius 3 is 0.329 bits per heavy atom. The van der Waals surface area contributed by atoms with E-state index in [1.54, 1.807) is 244 Å². The van der Waals surface area contributed by atoms with Crippen molar-refractivity contribution < 1.29 is 130 Å². The Bertz CT molecular complexity index is 6310. The molecular formula is C112H72F16IrN12O8. The van der Waals surface area contributed by atoms with Gasteiger partial charge in [-0.2, -0.15) is 0 Å². The number of carbonyl (C=O) groups is 4. The summed E-state index contributed by atoms with van der Waals surface area (Å²) >= 11 is 0. The number of halogens is 16. The molecule has 20 aromatic rings. The summed E-state index contributed by atoms with van der Waals surface area (Å²) in [6.07, 6.45) is 18.2. The SMILES string of the molecule is Fc1ccc(-c2ccccn2)c(F)c1.Fc1ccc(-c2ccccn2)c(F)c1.Fc1ccc(-c2ccccn2)c(F)c1.Fc1ccc(-c2ccccn2)c(F)c1.Fc1ccc(-c2ccccn2)c(F)c1.Fc1ccc(-c2ccccn2)c(F)c1.Fc1ccc(-c2ccccn2)c(F)c1.Fc1ccc(-c2ccccn2)c(F)c1.O=C([O-])c1ccccn1.O=C([O-])c1ccccn1.O=C([O-])c1ccccn1.O=C([O-])c1ccccn1.[Ir+4]. The van der Waals surface area contributed by atoms with E-state index in [1.165, 1.54) is 146 Å². The van der Waals surface area contributed by atoms with Crippen molar-refractivity contribution in [3.8, 4) is 90.1 Å². The van der Waals surface area contributed by atoms with Crippen molar-refractivity contribution in [2.24, 2.45) is 0 Å². The van der Waals surface area contributed by atoms with E-state index in [0.717, 1.165) is 48.5 Å². The van der Waals surface area contributed by atoms with Gasteiger partial charge in [0.15, 0.2) is 0 Å². The molecule has 0 saturated heterocycles. The van der Waals surface area contributed by atoms with Crippen LogP contribution in [0.1, 0.15) is 42.0 Å². The normalized spacial score (nSPS) is 9.77. The quantitative estimate of drug-likeness (QED) is 0.103. The Labute approximate surface area is 853 Å². The van der Waals surface area contributed by atoms with Gasteiger partial charge in [0.1, 0.15) is 93.1 Å². The van der Waals surface area contributed by atoms with Crippen LogP contribution in [0.5, 0.6) is 0 Å². The molecule has 12 aromatic heterocycles. The zero-order chi connectivity index (χ0) is 106. The largest absolute Gasteiger partial charge is 4.00 e. The van der Waals surface area contributed by atoms with Crippen molar-refractivity contribution in [1.82, 2.24) is 59.8 Å². The summed E-state index contributed by atoms with van der Waals surface area (Å²) in [7, 11) is 0. The Hall–Kier alpha value is -19.0. The smallest absolute Gasteiger partial charge is 0.543 e. The molecule has 20 rings (SSSR count). The van der Waals surface area contributed by atoms with Crippen LogP contribution >= 0.6 is 0 Å². The third-order valence-electron chi connectivity index (χ3n) is 18.5. The van der Waals surface area contributed by atoms with Gasteiger partial charge in [0.2, 0.25) is 0 Å². The third kappa shape index (κ3) is 39.7. The molecule has 0 aliphatic carbocycles. The number of carboxylic acid groups (broad SMARTS) is 4. The number of carbonyl (C=O) groups excluding carboxylic acids is 4. The molecule has 0 aliphatic heterocycles. The second kappa shape index (κ2) is 61.7. The first-order valence-corrected chi connectivity index (χ1v) is 42.8. The van der Waals surface area contributed by atoms with Gasteiger partial charge in [0, 0.05) is 167 Å². The van der Waals surface area contributed by atoms with Gasteiger partial charge in [0.25, 0.3) is 0 Å². The van der Waals surface area contributed by atoms with Crippen molar-refractivity contribution in [2.45, 2.75) is 0 Å². The summed E-state index contributed by atoms with van der Waals surface area (Å²) < 4.78 is 207. The van der Waals surface area contributed by atoms with Gasteiger partial charge in [-0.3, -0.25) is 59.8 Å². The number of pyridine rings is 12. The molecule has 0 spiro atoms. The van der Waals surface area contributed by atoms with E-state index in [0.29, 0.717) is 90.1 Å². The summed E-state index contributed by atoms with van der Waals surface area (Å²) in [4.78, 5) is 86.0. The van der Waals surface area contributed by atoms with Gasteiger partial charge in [0.05, 0.1) is 92.2 Å². The molecule has 20 nitrogen and oxygen atoms in total. The van der Waals surface area contributed by atoms with Crippen LogP contribution in [0.3, 0.4) is 0 Å².